The number of aromatic nitrogens is 2. The number of para-hydroxylation sites is 1. The summed E-state index contributed by atoms with van der Waals surface area (Å²) in [5.41, 5.74) is 5.03. The van der Waals surface area contributed by atoms with Gasteiger partial charge in [0.2, 0.25) is 5.91 Å². The van der Waals surface area contributed by atoms with Gasteiger partial charge < -0.3 is 15.0 Å². The highest BCUT2D eigenvalue weighted by Gasteiger charge is 2.14. The summed E-state index contributed by atoms with van der Waals surface area (Å²) in [6, 6.07) is 21.6. The lowest BCUT2D eigenvalue weighted by Crippen LogP contribution is -2.11. The average molecular weight is 399 g/mol. The van der Waals surface area contributed by atoms with Gasteiger partial charge in [-0.2, -0.15) is 0 Å². The SMILES string of the molecule is CCOc1ccc(NC(=O)CCCc2c(-c3ccccn3)[nH]c3ccccc23)cc1. The Morgan fingerprint density at radius 3 is 2.60 bits per heavy atom. The number of aryl methyl sites for hydroxylation is 1. The second-order valence-electron chi connectivity index (χ2n) is 7.10. The van der Waals surface area contributed by atoms with Crippen molar-refractivity contribution in [3.8, 4) is 17.1 Å². The highest BCUT2D eigenvalue weighted by molar-refractivity contribution is 5.92. The van der Waals surface area contributed by atoms with E-state index < -0.39 is 0 Å². The Balaban J connectivity index is 1.43. The number of nitrogens with one attached hydrogen (secondary N) is 2. The van der Waals surface area contributed by atoms with Crippen molar-refractivity contribution in [2.45, 2.75) is 26.2 Å². The number of ether oxygens (including phenoxy) is 1. The van der Waals surface area contributed by atoms with E-state index in [1.54, 1.807) is 6.20 Å². The number of anilines is 1. The van der Waals surface area contributed by atoms with Crippen LogP contribution in [0, 0.1) is 0 Å². The lowest BCUT2D eigenvalue weighted by atomic mass is 10.0. The van der Waals surface area contributed by atoms with Crippen LogP contribution in [-0.2, 0) is 11.2 Å². The first kappa shape index (κ1) is 19.7. The van der Waals surface area contributed by atoms with Crippen LogP contribution in [0.5, 0.6) is 5.75 Å². The summed E-state index contributed by atoms with van der Waals surface area (Å²) >= 11 is 0. The molecule has 4 rings (SSSR count). The van der Waals surface area contributed by atoms with E-state index in [9.17, 15) is 4.79 Å². The molecule has 2 N–H and O–H groups in total. The average Bonchev–Trinajstić information content (AvgIpc) is 3.15. The Morgan fingerprint density at radius 1 is 1.03 bits per heavy atom. The largest absolute Gasteiger partial charge is 0.494 e. The van der Waals surface area contributed by atoms with Gasteiger partial charge in [0.25, 0.3) is 0 Å². The normalized spacial score (nSPS) is 10.8. The van der Waals surface area contributed by atoms with E-state index in [1.807, 2.05) is 61.5 Å². The molecule has 4 aromatic rings. The maximum atomic E-state index is 12.4. The van der Waals surface area contributed by atoms with Gasteiger partial charge in [0.05, 0.1) is 18.0 Å². The van der Waals surface area contributed by atoms with Crippen LogP contribution in [0.15, 0.2) is 72.9 Å². The first-order valence-corrected chi connectivity index (χ1v) is 10.3. The standard InChI is InChI=1S/C25H25N3O2/c1-2-30-19-15-13-18(14-16-19)27-24(29)12-7-9-21-20-8-3-4-10-22(20)28-25(21)23-11-5-6-17-26-23/h3-6,8,10-11,13-17,28H,2,7,9,12H2,1H3,(H,27,29). The molecular formula is C25H25N3O2. The van der Waals surface area contributed by atoms with Gasteiger partial charge in [0, 0.05) is 29.2 Å². The molecule has 0 aliphatic rings. The van der Waals surface area contributed by atoms with E-state index in [0.29, 0.717) is 13.0 Å². The van der Waals surface area contributed by atoms with E-state index in [0.717, 1.165) is 41.2 Å². The van der Waals surface area contributed by atoms with Crippen molar-refractivity contribution < 1.29 is 9.53 Å². The first-order chi connectivity index (χ1) is 14.7. The number of carbonyl (C=O) groups excluding carboxylic acids is 1. The Bertz CT molecular complexity index is 1120. The van der Waals surface area contributed by atoms with Crippen molar-refractivity contribution in [2.75, 3.05) is 11.9 Å². The summed E-state index contributed by atoms with van der Waals surface area (Å²) in [4.78, 5) is 20.4. The van der Waals surface area contributed by atoms with Crippen LogP contribution in [0.25, 0.3) is 22.3 Å². The monoisotopic (exact) mass is 399 g/mol. The predicted octanol–water partition coefficient (Wildman–Crippen LogP) is 5.59. The van der Waals surface area contributed by atoms with Gasteiger partial charge >= 0.3 is 0 Å². The second kappa shape index (κ2) is 9.27. The molecule has 0 aliphatic heterocycles. The van der Waals surface area contributed by atoms with Crippen LogP contribution in [0.4, 0.5) is 5.69 Å². The lowest BCUT2D eigenvalue weighted by molar-refractivity contribution is -0.116. The van der Waals surface area contributed by atoms with Crippen molar-refractivity contribution in [1.82, 2.24) is 9.97 Å². The van der Waals surface area contributed by atoms with Gasteiger partial charge in [-0.1, -0.05) is 24.3 Å². The van der Waals surface area contributed by atoms with Gasteiger partial charge in [-0.05, 0) is 67.8 Å². The zero-order chi connectivity index (χ0) is 20.8. The van der Waals surface area contributed by atoms with Gasteiger partial charge in [-0.15, -0.1) is 0 Å². The maximum Gasteiger partial charge on any atom is 0.224 e. The number of hydrogen-bond acceptors (Lipinski definition) is 3. The quantitative estimate of drug-likeness (QED) is 0.406. The third-order valence-electron chi connectivity index (χ3n) is 5.01. The number of fused-ring (bicyclic) bond motifs is 1. The molecule has 0 aliphatic carbocycles. The fourth-order valence-corrected chi connectivity index (χ4v) is 3.64. The molecule has 5 nitrogen and oxygen atoms in total. The summed E-state index contributed by atoms with van der Waals surface area (Å²) in [7, 11) is 0. The third-order valence-corrected chi connectivity index (χ3v) is 5.01. The minimum Gasteiger partial charge on any atom is -0.494 e. The molecule has 0 saturated carbocycles. The summed E-state index contributed by atoms with van der Waals surface area (Å²) in [6.07, 6.45) is 3.81. The second-order valence-corrected chi connectivity index (χ2v) is 7.10. The molecule has 152 valence electrons. The first-order valence-electron chi connectivity index (χ1n) is 10.3. The van der Waals surface area contributed by atoms with Crippen molar-refractivity contribution in [2.24, 2.45) is 0 Å². The minimum atomic E-state index is 0.0124. The number of amides is 1. The Kier molecular flexibility index (Phi) is 6.09. The van der Waals surface area contributed by atoms with Crippen LogP contribution >= 0.6 is 0 Å². The lowest BCUT2D eigenvalue weighted by Gasteiger charge is -2.08. The molecule has 30 heavy (non-hydrogen) atoms. The topological polar surface area (TPSA) is 67.0 Å². The maximum absolute atomic E-state index is 12.4. The predicted molar refractivity (Wildman–Crippen MR) is 121 cm³/mol. The molecule has 2 aromatic heterocycles. The smallest absolute Gasteiger partial charge is 0.224 e. The zero-order valence-electron chi connectivity index (χ0n) is 17.0. The Hall–Kier alpha value is -3.60. The van der Waals surface area contributed by atoms with E-state index in [1.165, 1.54) is 10.9 Å². The molecule has 0 atom stereocenters. The van der Waals surface area contributed by atoms with Crippen LogP contribution < -0.4 is 10.1 Å². The van der Waals surface area contributed by atoms with Crippen LogP contribution in [0.1, 0.15) is 25.3 Å². The van der Waals surface area contributed by atoms with Crippen molar-refractivity contribution in [3.05, 3.63) is 78.5 Å². The van der Waals surface area contributed by atoms with Gasteiger partial charge in [-0.3, -0.25) is 9.78 Å². The van der Waals surface area contributed by atoms with Gasteiger partial charge in [0.1, 0.15) is 5.75 Å². The summed E-state index contributed by atoms with van der Waals surface area (Å²) in [5.74, 6) is 0.815. The number of hydrogen-bond donors (Lipinski definition) is 2. The number of rotatable bonds is 8. The van der Waals surface area contributed by atoms with Gasteiger partial charge in [0.15, 0.2) is 0 Å². The van der Waals surface area contributed by atoms with E-state index >= 15 is 0 Å². The fraction of sp³-hybridized carbons (Fsp3) is 0.200. The van der Waals surface area contributed by atoms with Gasteiger partial charge in [-0.25, -0.2) is 0 Å². The molecule has 2 heterocycles. The molecule has 0 radical (unpaired) electrons. The molecule has 0 saturated heterocycles. The van der Waals surface area contributed by atoms with E-state index in [4.69, 9.17) is 4.74 Å². The van der Waals surface area contributed by atoms with Crippen LogP contribution in [-0.4, -0.2) is 22.5 Å². The number of pyridine rings is 1. The third kappa shape index (κ3) is 4.51. The Morgan fingerprint density at radius 2 is 1.83 bits per heavy atom. The number of nitrogens with zero attached hydrogens (tertiary/aromatic N) is 1. The molecule has 5 heteroatoms. The Labute approximate surface area is 176 Å². The molecule has 1 amide bonds. The van der Waals surface area contributed by atoms with Crippen LogP contribution in [0.3, 0.4) is 0 Å². The number of H-pyrrole nitrogens is 1. The molecular weight excluding hydrogens is 374 g/mol. The molecule has 2 aromatic carbocycles. The van der Waals surface area contributed by atoms with Crippen molar-refractivity contribution >= 4 is 22.5 Å². The molecule has 0 bridgehead atoms. The number of carbonyl (C=O) groups is 1. The molecule has 0 unspecified atom stereocenters. The number of benzene rings is 2. The van der Waals surface area contributed by atoms with E-state index in [-0.39, 0.29) is 5.91 Å². The fourth-order valence-electron chi connectivity index (χ4n) is 3.64. The van der Waals surface area contributed by atoms with E-state index in [2.05, 4.69) is 27.4 Å². The minimum absolute atomic E-state index is 0.0124. The summed E-state index contributed by atoms with van der Waals surface area (Å²) in [5, 5.41) is 4.15. The summed E-state index contributed by atoms with van der Waals surface area (Å²) < 4.78 is 5.43. The summed E-state index contributed by atoms with van der Waals surface area (Å²) in [6.45, 7) is 2.57. The van der Waals surface area contributed by atoms with Crippen molar-refractivity contribution in [1.29, 1.82) is 0 Å². The molecule has 0 fully saturated rings. The number of aromatic amines is 1. The van der Waals surface area contributed by atoms with Crippen LogP contribution in [0.2, 0.25) is 0 Å². The highest BCUT2D eigenvalue weighted by Crippen LogP contribution is 2.30. The molecule has 0 spiro atoms. The highest BCUT2D eigenvalue weighted by atomic mass is 16.5. The van der Waals surface area contributed by atoms with Crippen molar-refractivity contribution in [3.63, 3.8) is 0 Å². The zero-order valence-corrected chi connectivity index (χ0v) is 17.0.